The lowest BCUT2D eigenvalue weighted by atomic mass is 9.84. The van der Waals surface area contributed by atoms with Crippen LogP contribution in [-0.4, -0.2) is 9.97 Å². The summed E-state index contributed by atoms with van der Waals surface area (Å²) in [5.74, 6) is -1.80. The van der Waals surface area contributed by atoms with E-state index in [0.29, 0.717) is 15.6 Å². The van der Waals surface area contributed by atoms with Gasteiger partial charge in [-0.05, 0) is 41.5 Å². The zero-order chi connectivity index (χ0) is 20.1. The smallest absolute Gasteiger partial charge is 0.130 e. The summed E-state index contributed by atoms with van der Waals surface area (Å²) in [6.45, 7) is 0. The van der Waals surface area contributed by atoms with Crippen LogP contribution in [-0.2, 0) is 0 Å². The molecule has 0 aliphatic rings. The van der Waals surface area contributed by atoms with Crippen molar-refractivity contribution in [2.24, 2.45) is 0 Å². The summed E-state index contributed by atoms with van der Waals surface area (Å²) in [6.07, 6.45) is 3.64. The fourth-order valence-electron chi connectivity index (χ4n) is 4.02. The Morgan fingerprint density at radius 2 is 1.24 bits per heavy atom. The zero-order valence-electron chi connectivity index (χ0n) is 14.9. The van der Waals surface area contributed by atoms with Crippen LogP contribution in [0.25, 0.3) is 21.8 Å². The molecule has 5 rings (SSSR count). The van der Waals surface area contributed by atoms with Crippen molar-refractivity contribution in [3.63, 3.8) is 0 Å². The molecule has 0 saturated heterocycles. The molecule has 0 spiro atoms. The van der Waals surface area contributed by atoms with E-state index in [1.54, 1.807) is 12.1 Å². The van der Waals surface area contributed by atoms with Gasteiger partial charge in [0.15, 0.2) is 0 Å². The van der Waals surface area contributed by atoms with Crippen LogP contribution in [0, 0.1) is 11.6 Å². The maximum Gasteiger partial charge on any atom is 0.130 e. The Balaban J connectivity index is 1.87. The average Bonchev–Trinajstić information content (AvgIpc) is 3.31. The Labute approximate surface area is 175 Å². The molecule has 0 atom stereocenters. The highest BCUT2D eigenvalue weighted by Crippen LogP contribution is 2.43. The van der Waals surface area contributed by atoms with Gasteiger partial charge in [-0.2, -0.15) is 0 Å². The molecule has 0 bridgehead atoms. The van der Waals surface area contributed by atoms with E-state index in [0.717, 1.165) is 39.0 Å². The zero-order valence-corrected chi connectivity index (χ0v) is 16.5. The molecule has 144 valence electrons. The summed E-state index contributed by atoms with van der Waals surface area (Å²) >= 11 is 13.0. The quantitative estimate of drug-likeness (QED) is 0.300. The number of aromatic nitrogens is 2. The van der Waals surface area contributed by atoms with Crippen LogP contribution >= 0.6 is 23.2 Å². The number of aromatic amines is 2. The fraction of sp³-hybridized carbons (Fsp3) is 0.0435. The van der Waals surface area contributed by atoms with Crippen LogP contribution in [0.3, 0.4) is 0 Å². The van der Waals surface area contributed by atoms with Crippen molar-refractivity contribution in [1.82, 2.24) is 9.97 Å². The first kappa shape index (κ1) is 18.2. The van der Waals surface area contributed by atoms with Crippen LogP contribution in [0.15, 0.2) is 67.0 Å². The predicted molar refractivity (Wildman–Crippen MR) is 114 cm³/mol. The van der Waals surface area contributed by atoms with Crippen molar-refractivity contribution in [2.45, 2.75) is 5.92 Å². The van der Waals surface area contributed by atoms with Crippen LogP contribution in [0.4, 0.5) is 8.78 Å². The van der Waals surface area contributed by atoms with Gasteiger partial charge in [-0.1, -0.05) is 41.4 Å². The molecule has 0 aliphatic carbocycles. The second kappa shape index (κ2) is 6.90. The Morgan fingerprint density at radius 3 is 1.76 bits per heavy atom. The van der Waals surface area contributed by atoms with E-state index in [9.17, 15) is 8.78 Å². The first-order valence-corrected chi connectivity index (χ1v) is 9.76. The molecule has 0 fully saturated rings. The summed E-state index contributed by atoms with van der Waals surface area (Å²) in [7, 11) is 0. The maximum absolute atomic E-state index is 15.0. The van der Waals surface area contributed by atoms with Crippen molar-refractivity contribution in [2.75, 3.05) is 0 Å². The van der Waals surface area contributed by atoms with Gasteiger partial charge in [0.2, 0.25) is 0 Å². The number of halogens is 4. The van der Waals surface area contributed by atoms with Crippen molar-refractivity contribution >= 4 is 45.0 Å². The van der Waals surface area contributed by atoms with E-state index in [2.05, 4.69) is 9.97 Å². The Morgan fingerprint density at radius 1 is 0.690 bits per heavy atom. The molecule has 5 aromatic rings. The number of hydrogen-bond acceptors (Lipinski definition) is 0. The molecular formula is C23H14Cl2F2N2. The second-order valence-corrected chi connectivity index (χ2v) is 7.73. The molecule has 2 nitrogen and oxygen atoms in total. The normalized spacial score (nSPS) is 11.8. The molecule has 0 radical (unpaired) electrons. The molecule has 6 heteroatoms. The molecule has 0 aliphatic heterocycles. The minimum atomic E-state index is -0.627. The molecule has 29 heavy (non-hydrogen) atoms. The lowest BCUT2D eigenvalue weighted by Gasteiger charge is -2.19. The monoisotopic (exact) mass is 426 g/mol. The van der Waals surface area contributed by atoms with Gasteiger partial charge in [-0.3, -0.25) is 0 Å². The molecule has 0 amide bonds. The minimum absolute atomic E-state index is 0.341. The number of hydrogen-bond donors (Lipinski definition) is 2. The highest BCUT2D eigenvalue weighted by atomic mass is 35.5. The third-order valence-corrected chi connectivity index (χ3v) is 5.90. The van der Waals surface area contributed by atoms with Crippen LogP contribution < -0.4 is 0 Å². The third kappa shape index (κ3) is 2.91. The summed E-state index contributed by atoms with van der Waals surface area (Å²) in [5, 5.41) is 2.70. The number of fused-ring (bicyclic) bond motifs is 2. The number of rotatable bonds is 3. The van der Waals surface area contributed by atoms with E-state index >= 15 is 0 Å². The lowest BCUT2D eigenvalue weighted by Crippen LogP contribution is -2.06. The summed E-state index contributed by atoms with van der Waals surface area (Å²) in [4.78, 5) is 6.42. The molecule has 3 aromatic carbocycles. The van der Waals surface area contributed by atoms with Crippen molar-refractivity contribution in [3.05, 3.63) is 105 Å². The maximum atomic E-state index is 15.0. The summed E-state index contributed by atoms with van der Waals surface area (Å²) in [5.41, 5.74) is 3.60. The third-order valence-electron chi connectivity index (χ3n) is 5.27. The van der Waals surface area contributed by atoms with E-state index in [1.165, 1.54) is 12.1 Å². The highest BCUT2D eigenvalue weighted by Gasteiger charge is 2.27. The van der Waals surface area contributed by atoms with Gasteiger partial charge in [-0.15, -0.1) is 0 Å². The van der Waals surface area contributed by atoms with Crippen LogP contribution in [0.5, 0.6) is 0 Å². The largest absolute Gasteiger partial charge is 0.361 e. The first-order chi connectivity index (χ1) is 14.0. The van der Waals surface area contributed by atoms with Crippen molar-refractivity contribution in [3.8, 4) is 0 Å². The Bertz CT molecular complexity index is 1290. The summed E-state index contributed by atoms with van der Waals surface area (Å²) < 4.78 is 28.6. The van der Waals surface area contributed by atoms with Gasteiger partial charge < -0.3 is 9.97 Å². The molecule has 0 saturated carbocycles. The number of nitrogens with one attached hydrogen (secondary N) is 2. The Hall–Kier alpha value is -2.82. The first-order valence-electron chi connectivity index (χ1n) is 9.00. The fourth-order valence-corrected chi connectivity index (χ4v) is 4.59. The van der Waals surface area contributed by atoms with Gasteiger partial charge in [-0.25, -0.2) is 8.78 Å². The second-order valence-electron chi connectivity index (χ2n) is 6.91. The topological polar surface area (TPSA) is 31.6 Å². The Kier molecular flexibility index (Phi) is 4.34. The van der Waals surface area contributed by atoms with E-state index < -0.39 is 17.6 Å². The van der Waals surface area contributed by atoms with E-state index in [-0.39, 0.29) is 0 Å². The van der Waals surface area contributed by atoms with Gasteiger partial charge in [0.05, 0.1) is 10.0 Å². The van der Waals surface area contributed by atoms with Crippen molar-refractivity contribution in [1.29, 1.82) is 0 Å². The highest BCUT2D eigenvalue weighted by molar-refractivity contribution is 6.36. The molecule has 2 N–H and O–H groups in total. The minimum Gasteiger partial charge on any atom is -0.361 e. The SMILES string of the molecule is Fc1ccc(C(c2c[nH]c3cccc(Cl)c23)c2c[nH]c3cccc(Cl)c23)c(F)c1. The standard InChI is InChI=1S/C23H14Cl2F2N2/c24-16-3-1-5-19-22(16)14(10-28-19)21(13-8-7-12(26)9-18(13)27)15-11-29-20-6-2-4-17(25)23(15)20/h1-11,21,28-29H. The van der Waals surface area contributed by atoms with Crippen LogP contribution in [0.2, 0.25) is 10.0 Å². The number of benzene rings is 3. The van der Waals surface area contributed by atoms with E-state index in [4.69, 9.17) is 23.2 Å². The molecule has 0 unspecified atom stereocenters. The van der Waals surface area contributed by atoms with Crippen molar-refractivity contribution < 1.29 is 8.78 Å². The van der Waals surface area contributed by atoms with Gasteiger partial charge in [0.25, 0.3) is 0 Å². The van der Waals surface area contributed by atoms with Gasteiger partial charge in [0.1, 0.15) is 11.6 Å². The molecular weight excluding hydrogens is 413 g/mol. The average molecular weight is 427 g/mol. The number of H-pyrrole nitrogens is 2. The van der Waals surface area contributed by atoms with Crippen LogP contribution in [0.1, 0.15) is 22.6 Å². The van der Waals surface area contributed by atoms with Gasteiger partial charge in [0, 0.05) is 51.7 Å². The molecule has 2 aromatic heterocycles. The van der Waals surface area contributed by atoms with Gasteiger partial charge >= 0.3 is 0 Å². The lowest BCUT2D eigenvalue weighted by molar-refractivity contribution is 0.570. The predicted octanol–water partition coefficient (Wildman–Crippen LogP) is 7.41. The van der Waals surface area contributed by atoms with E-state index in [1.807, 2.05) is 36.7 Å². The summed E-state index contributed by atoms with van der Waals surface area (Å²) in [6, 6.07) is 14.7. The molecule has 2 heterocycles.